The minimum atomic E-state index is -0.456. The smallest absolute Gasteiger partial charge is 0.318 e. The number of carbonyl (C=O) groups excluding carboxylic acids is 1. The van der Waals surface area contributed by atoms with E-state index >= 15 is 0 Å². The molecule has 3 rings (SSSR count). The van der Waals surface area contributed by atoms with Crippen LogP contribution in [0.15, 0.2) is 58.5 Å². The second-order valence-corrected chi connectivity index (χ2v) is 7.11. The first-order valence-electron chi connectivity index (χ1n) is 8.50. The molecule has 2 aromatic heterocycles. The van der Waals surface area contributed by atoms with Crippen molar-refractivity contribution in [3.8, 4) is 5.75 Å². The quantitative estimate of drug-likeness (QED) is 0.622. The number of ether oxygens (including phenoxy) is 1. The van der Waals surface area contributed by atoms with Crippen molar-refractivity contribution >= 4 is 17.4 Å². The minimum absolute atomic E-state index is 0.175. The highest BCUT2D eigenvalue weighted by Gasteiger charge is 2.19. The van der Waals surface area contributed by atoms with Crippen LogP contribution in [-0.4, -0.2) is 18.0 Å². The predicted octanol–water partition coefficient (Wildman–Crippen LogP) is 4.96. The van der Waals surface area contributed by atoms with Crippen molar-refractivity contribution in [2.75, 3.05) is 7.11 Å². The predicted molar refractivity (Wildman–Crippen MR) is 102 cm³/mol. The lowest BCUT2D eigenvalue weighted by Crippen LogP contribution is -2.40. The number of carbonyl (C=O) groups is 1. The fourth-order valence-electron chi connectivity index (χ4n) is 2.69. The average Bonchev–Trinajstić information content (AvgIpc) is 3.35. The highest BCUT2D eigenvalue weighted by Crippen LogP contribution is 2.22. The van der Waals surface area contributed by atoms with Crippen molar-refractivity contribution in [2.45, 2.75) is 26.1 Å². The molecule has 0 fully saturated rings. The fourth-order valence-corrected chi connectivity index (χ4v) is 3.41. The molecule has 0 spiro atoms. The molecule has 0 radical (unpaired) electrons. The van der Waals surface area contributed by atoms with Crippen molar-refractivity contribution in [3.63, 3.8) is 0 Å². The van der Waals surface area contributed by atoms with Crippen LogP contribution in [0.1, 0.15) is 29.2 Å². The molecule has 0 aliphatic heterocycles. The van der Waals surface area contributed by atoms with Crippen molar-refractivity contribution < 1.29 is 18.3 Å². The third-order valence-corrected chi connectivity index (χ3v) is 5.02. The maximum atomic E-state index is 14.0. The third kappa shape index (κ3) is 4.89. The molecule has 1 unspecified atom stereocenters. The zero-order valence-corrected chi connectivity index (χ0v) is 16.0. The van der Waals surface area contributed by atoms with E-state index in [9.17, 15) is 9.18 Å². The summed E-state index contributed by atoms with van der Waals surface area (Å²) < 4.78 is 24.3. The van der Waals surface area contributed by atoms with Gasteiger partial charge >= 0.3 is 6.03 Å². The molecule has 0 bridgehead atoms. The SMILES string of the molecule is COc1ccc(C(C)NC(=O)N(Cc2ccco2)Cc2cccs2)cc1F. The Kier molecular flexibility index (Phi) is 6.13. The van der Waals surface area contributed by atoms with Crippen molar-refractivity contribution in [3.05, 3.63) is 76.1 Å². The van der Waals surface area contributed by atoms with Crippen LogP contribution in [0.3, 0.4) is 0 Å². The lowest BCUT2D eigenvalue weighted by molar-refractivity contribution is 0.184. The van der Waals surface area contributed by atoms with Gasteiger partial charge in [-0.1, -0.05) is 12.1 Å². The molecule has 3 aromatic rings. The van der Waals surface area contributed by atoms with Crippen LogP contribution in [0.5, 0.6) is 5.75 Å². The van der Waals surface area contributed by atoms with E-state index in [1.54, 1.807) is 40.7 Å². The molecule has 0 aliphatic rings. The Morgan fingerprint density at radius 2 is 2.15 bits per heavy atom. The average molecular weight is 388 g/mol. The first-order chi connectivity index (χ1) is 13.1. The Hall–Kier alpha value is -2.80. The van der Waals surface area contributed by atoms with Crippen LogP contribution in [0.25, 0.3) is 0 Å². The first-order valence-corrected chi connectivity index (χ1v) is 9.38. The van der Waals surface area contributed by atoms with E-state index < -0.39 is 5.82 Å². The van der Waals surface area contributed by atoms with E-state index in [-0.39, 0.29) is 17.8 Å². The Bertz CT molecular complexity index is 829. The first kappa shape index (κ1) is 19.0. The van der Waals surface area contributed by atoms with Gasteiger partial charge in [0.1, 0.15) is 5.76 Å². The molecule has 142 valence electrons. The van der Waals surface area contributed by atoms with Gasteiger partial charge in [0.15, 0.2) is 11.6 Å². The summed E-state index contributed by atoms with van der Waals surface area (Å²) in [5.41, 5.74) is 0.663. The summed E-state index contributed by atoms with van der Waals surface area (Å²) in [5.74, 6) is 0.418. The Morgan fingerprint density at radius 3 is 2.78 bits per heavy atom. The summed E-state index contributed by atoms with van der Waals surface area (Å²) in [5, 5.41) is 4.90. The third-order valence-electron chi connectivity index (χ3n) is 4.16. The number of furan rings is 1. The molecule has 1 N–H and O–H groups in total. The van der Waals surface area contributed by atoms with E-state index in [2.05, 4.69) is 5.32 Å². The number of nitrogens with one attached hydrogen (secondary N) is 1. The number of amides is 2. The van der Waals surface area contributed by atoms with Gasteiger partial charge in [-0.05, 0) is 48.2 Å². The molecule has 0 saturated heterocycles. The number of hydrogen-bond donors (Lipinski definition) is 1. The molecular weight excluding hydrogens is 367 g/mol. The van der Waals surface area contributed by atoms with Crippen LogP contribution >= 0.6 is 11.3 Å². The number of urea groups is 1. The van der Waals surface area contributed by atoms with E-state index in [4.69, 9.17) is 9.15 Å². The topological polar surface area (TPSA) is 54.7 Å². The van der Waals surface area contributed by atoms with Crippen LogP contribution in [0.2, 0.25) is 0 Å². The molecule has 5 nitrogen and oxygen atoms in total. The van der Waals surface area contributed by atoms with Gasteiger partial charge in [-0.3, -0.25) is 0 Å². The van der Waals surface area contributed by atoms with E-state index in [1.807, 2.05) is 30.5 Å². The Balaban J connectivity index is 1.71. The number of methoxy groups -OCH3 is 1. The van der Waals surface area contributed by atoms with Gasteiger partial charge in [0, 0.05) is 4.88 Å². The molecule has 2 amide bonds. The molecule has 2 heterocycles. The Morgan fingerprint density at radius 1 is 1.30 bits per heavy atom. The van der Waals surface area contributed by atoms with E-state index in [1.165, 1.54) is 13.2 Å². The number of nitrogens with zero attached hydrogens (tertiary/aromatic N) is 1. The summed E-state index contributed by atoms with van der Waals surface area (Å²) in [7, 11) is 1.42. The molecular formula is C20H21FN2O3S. The van der Waals surface area contributed by atoms with E-state index in [0.29, 0.717) is 24.4 Å². The number of hydrogen-bond acceptors (Lipinski definition) is 4. The second kappa shape index (κ2) is 8.73. The molecule has 1 aromatic carbocycles. The fraction of sp³-hybridized carbons (Fsp3) is 0.250. The highest BCUT2D eigenvalue weighted by atomic mass is 32.1. The van der Waals surface area contributed by atoms with Crippen molar-refractivity contribution in [2.24, 2.45) is 0 Å². The highest BCUT2D eigenvalue weighted by molar-refractivity contribution is 7.09. The van der Waals surface area contributed by atoms with Gasteiger partial charge in [0.25, 0.3) is 0 Å². The minimum Gasteiger partial charge on any atom is -0.494 e. The molecule has 0 aliphatic carbocycles. The number of thiophene rings is 1. The summed E-state index contributed by atoms with van der Waals surface area (Å²) in [6, 6.07) is 11.6. The van der Waals surface area contributed by atoms with Crippen LogP contribution in [-0.2, 0) is 13.1 Å². The van der Waals surface area contributed by atoms with Crippen LogP contribution in [0, 0.1) is 5.82 Å². The summed E-state index contributed by atoms with van der Waals surface area (Å²) in [6.45, 7) is 2.63. The largest absolute Gasteiger partial charge is 0.494 e. The van der Waals surface area contributed by atoms with Gasteiger partial charge in [-0.15, -0.1) is 11.3 Å². The van der Waals surface area contributed by atoms with Crippen molar-refractivity contribution in [1.29, 1.82) is 0 Å². The zero-order valence-electron chi connectivity index (χ0n) is 15.1. The normalized spacial score (nSPS) is 11.8. The maximum Gasteiger partial charge on any atom is 0.318 e. The molecule has 7 heteroatoms. The molecule has 27 heavy (non-hydrogen) atoms. The van der Waals surface area contributed by atoms with E-state index in [0.717, 1.165) is 4.88 Å². The van der Waals surface area contributed by atoms with Crippen LogP contribution in [0.4, 0.5) is 9.18 Å². The van der Waals surface area contributed by atoms with Gasteiger partial charge in [0.05, 0.1) is 32.5 Å². The van der Waals surface area contributed by atoms with Crippen molar-refractivity contribution in [1.82, 2.24) is 10.2 Å². The molecule has 0 saturated carbocycles. The summed E-state index contributed by atoms with van der Waals surface area (Å²) in [4.78, 5) is 15.6. The standard InChI is InChI=1S/C20H21FN2O3S/c1-14(15-7-8-19(25-2)18(21)11-15)22-20(24)23(12-16-5-3-9-26-16)13-17-6-4-10-27-17/h3-11,14H,12-13H2,1-2H3,(H,22,24). The molecule has 1 atom stereocenters. The van der Waals surface area contributed by atoms with Crippen LogP contribution < -0.4 is 10.1 Å². The summed E-state index contributed by atoms with van der Waals surface area (Å²) >= 11 is 1.59. The number of benzene rings is 1. The lowest BCUT2D eigenvalue weighted by atomic mass is 10.1. The Labute approximate surface area is 161 Å². The lowest BCUT2D eigenvalue weighted by Gasteiger charge is -2.24. The monoisotopic (exact) mass is 388 g/mol. The second-order valence-electron chi connectivity index (χ2n) is 6.08. The zero-order chi connectivity index (χ0) is 19.2. The summed E-state index contributed by atoms with van der Waals surface area (Å²) in [6.07, 6.45) is 1.58. The van der Waals surface area contributed by atoms with Gasteiger partial charge in [-0.25, -0.2) is 9.18 Å². The van der Waals surface area contributed by atoms with Gasteiger partial charge in [-0.2, -0.15) is 0 Å². The van der Waals surface area contributed by atoms with Gasteiger partial charge in [0.2, 0.25) is 0 Å². The maximum absolute atomic E-state index is 14.0. The van der Waals surface area contributed by atoms with Gasteiger partial charge < -0.3 is 19.4 Å². The number of rotatable bonds is 7. The number of halogens is 1.